The molecule has 2 aromatic rings. The molecule has 0 unspecified atom stereocenters. The Kier molecular flexibility index (Phi) is 5.13. The lowest BCUT2D eigenvalue weighted by atomic mass is 9.70. The van der Waals surface area contributed by atoms with Gasteiger partial charge in [0.2, 0.25) is 0 Å². The zero-order chi connectivity index (χ0) is 19.7. The molecule has 0 radical (unpaired) electrons. The maximum Gasteiger partial charge on any atom is 0.339 e. The molecule has 2 bridgehead atoms. The first-order valence-corrected chi connectivity index (χ1v) is 9.87. The number of aliphatic hydroxyl groups excluding tert-OH is 1. The van der Waals surface area contributed by atoms with Crippen molar-refractivity contribution in [3.8, 4) is 5.75 Å². The summed E-state index contributed by atoms with van der Waals surface area (Å²) in [5.41, 5.74) is 2.32. The van der Waals surface area contributed by atoms with Crippen LogP contribution >= 0.6 is 0 Å². The number of carbonyl (C=O) groups is 1. The van der Waals surface area contributed by atoms with Gasteiger partial charge in [-0.15, -0.1) is 0 Å². The van der Waals surface area contributed by atoms with Crippen LogP contribution in [-0.2, 0) is 13.0 Å². The number of fused-ring (bicyclic) bond motifs is 2. The number of ether oxygens (including phenoxy) is 1. The first-order valence-electron chi connectivity index (χ1n) is 9.87. The van der Waals surface area contributed by atoms with Gasteiger partial charge in [0.05, 0.1) is 13.7 Å². The summed E-state index contributed by atoms with van der Waals surface area (Å²) in [7, 11) is 1.49. The van der Waals surface area contributed by atoms with Crippen LogP contribution in [0.3, 0.4) is 0 Å². The van der Waals surface area contributed by atoms with Crippen molar-refractivity contribution in [1.29, 1.82) is 0 Å². The molecule has 0 spiro atoms. The highest BCUT2D eigenvalue weighted by atomic mass is 16.5. The molecule has 2 N–H and O–H groups in total. The normalized spacial score (nSPS) is 26.5. The van der Waals surface area contributed by atoms with Crippen LogP contribution in [0.5, 0.6) is 5.75 Å². The van der Waals surface area contributed by atoms with Crippen molar-refractivity contribution in [3.63, 3.8) is 0 Å². The van der Waals surface area contributed by atoms with Gasteiger partial charge in [0.25, 0.3) is 0 Å². The third kappa shape index (κ3) is 3.29. The maximum atomic E-state index is 11.5. The Bertz CT molecular complexity index is 853. The van der Waals surface area contributed by atoms with E-state index in [9.17, 15) is 15.0 Å². The summed E-state index contributed by atoms with van der Waals surface area (Å²) in [4.78, 5) is 14.0. The van der Waals surface area contributed by atoms with Crippen LogP contribution in [0.25, 0.3) is 0 Å². The highest BCUT2D eigenvalue weighted by molar-refractivity contribution is 5.91. The van der Waals surface area contributed by atoms with E-state index in [1.54, 1.807) is 12.1 Å². The average Bonchev–Trinajstić information content (AvgIpc) is 3.23. The van der Waals surface area contributed by atoms with E-state index in [1.807, 2.05) is 12.1 Å². The largest absolute Gasteiger partial charge is 0.496 e. The van der Waals surface area contributed by atoms with E-state index in [-0.39, 0.29) is 17.6 Å². The second kappa shape index (κ2) is 7.57. The summed E-state index contributed by atoms with van der Waals surface area (Å²) in [6.45, 7) is 0.888. The topological polar surface area (TPSA) is 70.0 Å². The fraction of sp³-hybridized carbons (Fsp3) is 0.435. The van der Waals surface area contributed by atoms with Crippen molar-refractivity contribution in [1.82, 2.24) is 4.90 Å². The Morgan fingerprint density at radius 1 is 1.18 bits per heavy atom. The van der Waals surface area contributed by atoms with Crippen LogP contribution in [0.1, 0.15) is 40.7 Å². The predicted molar refractivity (Wildman–Crippen MR) is 107 cm³/mol. The number of hydrogen-bond donors (Lipinski definition) is 2. The second-order valence-electron chi connectivity index (χ2n) is 8.15. The van der Waals surface area contributed by atoms with Gasteiger partial charge >= 0.3 is 5.97 Å². The summed E-state index contributed by atoms with van der Waals surface area (Å²) in [5, 5.41) is 19.8. The SMILES string of the molecule is COc1ccc(CN2[C@H]3CC[C@@H]2[C@@](CO)(Cc2ccccc2)C3)cc1C(=O)O. The number of aromatic carboxylic acids is 1. The van der Waals surface area contributed by atoms with E-state index in [0.717, 1.165) is 31.2 Å². The van der Waals surface area contributed by atoms with Gasteiger partial charge in [-0.3, -0.25) is 4.90 Å². The summed E-state index contributed by atoms with van der Waals surface area (Å²) < 4.78 is 5.18. The smallest absolute Gasteiger partial charge is 0.339 e. The van der Waals surface area contributed by atoms with E-state index in [0.29, 0.717) is 24.4 Å². The third-order valence-corrected chi connectivity index (χ3v) is 6.57. The van der Waals surface area contributed by atoms with Crippen LogP contribution < -0.4 is 4.74 Å². The molecule has 0 amide bonds. The van der Waals surface area contributed by atoms with E-state index in [1.165, 1.54) is 12.7 Å². The maximum absolute atomic E-state index is 11.5. The van der Waals surface area contributed by atoms with Gasteiger partial charge in [-0.1, -0.05) is 36.4 Å². The molecule has 3 atom stereocenters. The number of benzene rings is 2. The molecule has 2 aliphatic rings. The van der Waals surface area contributed by atoms with Gasteiger partial charge < -0.3 is 14.9 Å². The monoisotopic (exact) mass is 381 g/mol. The highest BCUT2D eigenvalue weighted by Gasteiger charge is 2.55. The molecular weight excluding hydrogens is 354 g/mol. The minimum atomic E-state index is -0.975. The summed E-state index contributed by atoms with van der Waals surface area (Å²) >= 11 is 0. The molecule has 4 rings (SSSR count). The van der Waals surface area contributed by atoms with Gasteiger partial charge in [0.15, 0.2) is 0 Å². The summed E-state index contributed by atoms with van der Waals surface area (Å²) in [5.74, 6) is -0.591. The fourth-order valence-corrected chi connectivity index (χ4v) is 5.31. The number of carboxylic acid groups (broad SMARTS) is 1. The van der Waals surface area contributed by atoms with E-state index in [4.69, 9.17) is 4.74 Å². The Morgan fingerprint density at radius 3 is 2.64 bits per heavy atom. The standard InChI is InChI=1S/C23H27NO4/c1-28-20-9-7-17(11-19(20)22(26)27)14-24-18-8-10-21(24)23(13-18,15-25)12-16-5-3-2-4-6-16/h2-7,9,11,18,21,25H,8,10,12-15H2,1H3,(H,26,27)/t18-,21+,23-/m0/s1. The molecule has 2 saturated heterocycles. The van der Waals surface area contributed by atoms with Crippen molar-refractivity contribution in [2.24, 2.45) is 5.41 Å². The lowest BCUT2D eigenvalue weighted by molar-refractivity contribution is 0.0692. The molecule has 2 heterocycles. The molecule has 0 aliphatic carbocycles. The minimum absolute atomic E-state index is 0.119. The molecule has 28 heavy (non-hydrogen) atoms. The van der Waals surface area contributed by atoms with Crippen LogP contribution in [-0.4, -0.2) is 46.9 Å². The van der Waals surface area contributed by atoms with Gasteiger partial charge in [-0.25, -0.2) is 4.79 Å². The fourth-order valence-electron chi connectivity index (χ4n) is 5.31. The van der Waals surface area contributed by atoms with Crippen molar-refractivity contribution in [2.75, 3.05) is 13.7 Å². The highest BCUT2D eigenvalue weighted by Crippen LogP contribution is 2.51. The van der Waals surface area contributed by atoms with E-state index < -0.39 is 5.97 Å². The molecular formula is C23H27NO4. The summed E-state index contributed by atoms with van der Waals surface area (Å²) in [6, 6.07) is 16.6. The Hall–Kier alpha value is -2.37. The molecule has 148 valence electrons. The number of methoxy groups -OCH3 is 1. The van der Waals surface area contributed by atoms with Gasteiger partial charge in [-0.2, -0.15) is 0 Å². The predicted octanol–water partition coefficient (Wildman–Crippen LogP) is 3.35. The molecule has 5 nitrogen and oxygen atoms in total. The third-order valence-electron chi connectivity index (χ3n) is 6.57. The molecule has 5 heteroatoms. The lowest BCUT2D eigenvalue weighted by Gasteiger charge is -2.36. The van der Waals surface area contributed by atoms with Crippen molar-refractivity contribution in [2.45, 2.75) is 44.3 Å². The number of nitrogens with zero attached hydrogens (tertiary/aromatic N) is 1. The molecule has 2 aromatic carbocycles. The van der Waals surface area contributed by atoms with Crippen LogP contribution in [0.4, 0.5) is 0 Å². The number of hydrogen-bond acceptors (Lipinski definition) is 4. The van der Waals surface area contributed by atoms with Crippen molar-refractivity contribution >= 4 is 5.97 Å². The zero-order valence-electron chi connectivity index (χ0n) is 16.2. The first-order chi connectivity index (χ1) is 13.6. The average molecular weight is 381 g/mol. The van der Waals surface area contributed by atoms with Crippen molar-refractivity contribution in [3.05, 3.63) is 65.2 Å². The Balaban J connectivity index is 1.57. The zero-order valence-corrected chi connectivity index (χ0v) is 16.2. The van der Waals surface area contributed by atoms with Gasteiger partial charge in [0.1, 0.15) is 11.3 Å². The van der Waals surface area contributed by atoms with Gasteiger partial charge in [0, 0.05) is 24.0 Å². The molecule has 2 fully saturated rings. The van der Waals surface area contributed by atoms with Crippen LogP contribution in [0, 0.1) is 5.41 Å². The Labute approximate surface area is 165 Å². The van der Waals surface area contributed by atoms with Gasteiger partial charge in [-0.05, 0) is 48.9 Å². The lowest BCUT2D eigenvalue weighted by Crippen LogP contribution is -2.41. The van der Waals surface area contributed by atoms with Crippen LogP contribution in [0.15, 0.2) is 48.5 Å². The molecule has 2 aliphatic heterocycles. The van der Waals surface area contributed by atoms with Crippen molar-refractivity contribution < 1.29 is 19.7 Å². The second-order valence-corrected chi connectivity index (χ2v) is 8.15. The number of aliphatic hydroxyl groups is 1. The van der Waals surface area contributed by atoms with Crippen LogP contribution in [0.2, 0.25) is 0 Å². The summed E-state index contributed by atoms with van der Waals surface area (Å²) in [6.07, 6.45) is 4.10. The molecule has 0 aromatic heterocycles. The van der Waals surface area contributed by atoms with E-state index >= 15 is 0 Å². The first kappa shape index (κ1) is 19.0. The van der Waals surface area contributed by atoms with E-state index in [2.05, 4.69) is 29.2 Å². The quantitative estimate of drug-likeness (QED) is 0.770. The number of carboxylic acids is 1. The molecule has 0 saturated carbocycles. The number of rotatable bonds is 7. The minimum Gasteiger partial charge on any atom is -0.496 e. The Morgan fingerprint density at radius 2 is 1.96 bits per heavy atom.